The van der Waals surface area contributed by atoms with Crippen LogP contribution in [0.15, 0.2) is 23.0 Å². The number of aromatic nitrogens is 2. The Morgan fingerprint density at radius 2 is 1.96 bits per heavy atom. The fraction of sp³-hybridized carbons (Fsp3) is 0.444. The zero-order valence-electron chi connectivity index (χ0n) is 14.5. The van der Waals surface area contributed by atoms with Gasteiger partial charge in [-0.15, -0.1) is 0 Å². The van der Waals surface area contributed by atoms with Gasteiger partial charge in [0.1, 0.15) is 5.82 Å². The normalized spacial score (nSPS) is 13.7. The molecule has 128 valence electrons. The molecule has 1 aromatic carbocycles. The average Bonchev–Trinajstić information content (AvgIpc) is 2.60. The van der Waals surface area contributed by atoms with Gasteiger partial charge in [0.15, 0.2) is 11.5 Å². The van der Waals surface area contributed by atoms with E-state index in [0.29, 0.717) is 23.9 Å². The van der Waals surface area contributed by atoms with Crippen LogP contribution in [0, 0.1) is 0 Å². The third kappa shape index (κ3) is 2.84. The Hall–Kier alpha value is -2.50. The second kappa shape index (κ2) is 6.55. The van der Waals surface area contributed by atoms with Crippen molar-refractivity contribution in [2.45, 2.75) is 39.3 Å². The van der Waals surface area contributed by atoms with Crippen LogP contribution >= 0.6 is 0 Å². The first-order valence-corrected chi connectivity index (χ1v) is 8.21. The molecule has 0 saturated carbocycles. The van der Waals surface area contributed by atoms with Gasteiger partial charge in [-0.2, -0.15) is 4.98 Å². The van der Waals surface area contributed by atoms with E-state index in [1.807, 2.05) is 18.2 Å². The summed E-state index contributed by atoms with van der Waals surface area (Å²) in [5.41, 5.74) is 2.78. The summed E-state index contributed by atoms with van der Waals surface area (Å²) < 4.78 is 12.5. The van der Waals surface area contributed by atoms with Gasteiger partial charge in [0, 0.05) is 24.2 Å². The Morgan fingerprint density at radius 3 is 2.62 bits per heavy atom. The third-order valence-corrected chi connectivity index (χ3v) is 4.51. The number of benzene rings is 1. The Morgan fingerprint density at radius 1 is 1.25 bits per heavy atom. The number of fused-ring (bicyclic) bond motifs is 3. The molecule has 6 heteroatoms. The minimum absolute atomic E-state index is 0.223. The number of hydrogen-bond donors (Lipinski definition) is 1. The van der Waals surface area contributed by atoms with Crippen molar-refractivity contribution in [2.75, 3.05) is 19.5 Å². The van der Waals surface area contributed by atoms with Gasteiger partial charge in [-0.05, 0) is 37.5 Å². The van der Waals surface area contributed by atoms with Crippen LogP contribution in [-0.4, -0.2) is 29.8 Å². The first-order valence-electron chi connectivity index (χ1n) is 8.21. The van der Waals surface area contributed by atoms with Gasteiger partial charge in [0.05, 0.1) is 19.9 Å². The highest BCUT2D eigenvalue weighted by atomic mass is 16.5. The minimum Gasteiger partial charge on any atom is -0.493 e. The molecule has 0 saturated heterocycles. The van der Waals surface area contributed by atoms with Crippen molar-refractivity contribution in [3.8, 4) is 22.8 Å². The largest absolute Gasteiger partial charge is 0.493 e. The first kappa shape index (κ1) is 16.4. The molecule has 1 atom stereocenters. The van der Waals surface area contributed by atoms with E-state index in [9.17, 15) is 4.79 Å². The maximum atomic E-state index is 12.4. The monoisotopic (exact) mass is 329 g/mol. The first-order chi connectivity index (χ1) is 11.6. The number of anilines is 1. The quantitative estimate of drug-likeness (QED) is 0.913. The van der Waals surface area contributed by atoms with E-state index in [4.69, 9.17) is 9.47 Å². The second-order valence-electron chi connectivity index (χ2n) is 6.03. The highest BCUT2D eigenvalue weighted by molar-refractivity contribution is 5.71. The fourth-order valence-corrected chi connectivity index (χ4v) is 2.97. The number of hydrogen-bond acceptors (Lipinski definition) is 5. The topological polar surface area (TPSA) is 65.4 Å². The molecule has 0 unspecified atom stereocenters. The molecule has 1 aliphatic rings. The molecule has 0 radical (unpaired) electrons. The van der Waals surface area contributed by atoms with Crippen molar-refractivity contribution >= 4 is 5.82 Å². The number of nitrogens with zero attached hydrogens (tertiary/aromatic N) is 2. The standard InChI is InChI=1S/C18H23N3O3/c1-5-11(2)19-17-10-14-13-9-16(24-4)15(23-3)8-12(13)6-7-21(14)18(22)20-17/h8-11H,5-7H2,1-4H3,(H,19,20,22)/t11-/m0/s1. The van der Waals surface area contributed by atoms with Gasteiger partial charge in [0.2, 0.25) is 0 Å². The summed E-state index contributed by atoms with van der Waals surface area (Å²) in [6.45, 7) is 4.78. The van der Waals surface area contributed by atoms with E-state index < -0.39 is 0 Å². The zero-order valence-corrected chi connectivity index (χ0v) is 14.5. The molecule has 3 rings (SSSR count). The van der Waals surface area contributed by atoms with E-state index in [-0.39, 0.29) is 11.7 Å². The molecule has 0 aliphatic carbocycles. The van der Waals surface area contributed by atoms with Gasteiger partial charge in [0.25, 0.3) is 0 Å². The molecule has 1 aliphatic heterocycles. The molecule has 1 aromatic heterocycles. The van der Waals surface area contributed by atoms with E-state index in [1.54, 1.807) is 18.8 Å². The van der Waals surface area contributed by atoms with Crippen molar-refractivity contribution in [3.63, 3.8) is 0 Å². The second-order valence-corrected chi connectivity index (χ2v) is 6.03. The lowest BCUT2D eigenvalue weighted by Gasteiger charge is -2.24. The molecule has 2 aromatic rings. The fourth-order valence-electron chi connectivity index (χ4n) is 2.97. The smallest absolute Gasteiger partial charge is 0.349 e. The molecule has 0 bridgehead atoms. The van der Waals surface area contributed by atoms with Crippen molar-refractivity contribution in [3.05, 3.63) is 34.2 Å². The Balaban J connectivity index is 2.14. The Bertz CT molecular complexity index is 814. The maximum Gasteiger partial charge on any atom is 0.349 e. The van der Waals surface area contributed by atoms with Crippen LogP contribution in [0.1, 0.15) is 25.8 Å². The van der Waals surface area contributed by atoms with Gasteiger partial charge in [-0.3, -0.25) is 4.57 Å². The summed E-state index contributed by atoms with van der Waals surface area (Å²) in [7, 11) is 3.24. The van der Waals surface area contributed by atoms with Gasteiger partial charge >= 0.3 is 5.69 Å². The molecular weight excluding hydrogens is 306 g/mol. The summed E-state index contributed by atoms with van der Waals surface area (Å²) >= 11 is 0. The summed E-state index contributed by atoms with van der Waals surface area (Å²) in [5, 5.41) is 3.28. The molecular formula is C18H23N3O3. The summed E-state index contributed by atoms with van der Waals surface area (Å²) in [4.78, 5) is 16.6. The number of rotatable bonds is 5. The van der Waals surface area contributed by atoms with Gasteiger partial charge < -0.3 is 14.8 Å². The predicted octanol–water partition coefficient (Wildman–Crippen LogP) is 2.69. The lowest BCUT2D eigenvalue weighted by atomic mass is 9.97. The number of methoxy groups -OCH3 is 2. The van der Waals surface area contributed by atoms with Crippen LogP contribution in [0.5, 0.6) is 11.5 Å². The molecule has 2 heterocycles. The molecule has 0 amide bonds. The third-order valence-electron chi connectivity index (χ3n) is 4.51. The van der Waals surface area contributed by atoms with Crippen LogP contribution < -0.4 is 20.5 Å². The predicted molar refractivity (Wildman–Crippen MR) is 94.1 cm³/mol. The van der Waals surface area contributed by atoms with E-state index in [0.717, 1.165) is 29.7 Å². The average molecular weight is 329 g/mol. The van der Waals surface area contributed by atoms with Crippen molar-refractivity contribution in [1.82, 2.24) is 9.55 Å². The Kier molecular flexibility index (Phi) is 4.46. The van der Waals surface area contributed by atoms with Crippen LogP contribution in [0.4, 0.5) is 5.82 Å². The minimum atomic E-state index is -0.223. The summed E-state index contributed by atoms with van der Waals surface area (Å²) in [5.74, 6) is 1.98. The summed E-state index contributed by atoms with van der Waals surface area (Å²) in [6, 6.07) is 6.13. The van der Waals surface area contributed by atoms with Crippen molar-refractivity contribution in [2.24, 2.45) is 0 Å². The number of aryl methyl sites for hydroxylation is 1. The van der Waals surface area contributed by atoms with Gasteiger partial charge in [-0.1, -0.05) is 6.92 Å². The van der Waals surface area contributed by atoms with Crippen LogP contribution in [0.2, 0.25) is 0 Å². The molecule has 6 nitrogen and oxygen atoms in total. The van der Waals surface area contributed by atoms with E-state index in [2.05, 4.69) is 24.1 Å². The summed E-state index contributed by atoms with van der Waals surface area (Å²) in [6.07, 6.45) is 1.73. The lowest BCUT2D eigenvalue weighted by molar-refractivity contribution is 0.354. The molecule has 1 N–H and O–H groups in total. The zero-order chi connectivity index (χ0) is 17.3. The lowest BCUT2D eigenvalue weighted by Crippen LogP contribution is -2.30. The van der Waals surface area contributed by atoms with Crippen LogP contribution in [0.3, 0.4) is 0 Å². The number of nitrogens with one attached hydrogen (secondary N) is 1. The van der Waals surface area contributed by atoms with Crippen molar-refractivity contribution in [1.29, 1.82) is 0 Å². The van der Waals surface area contributed by atoms with Crippen molar-refractivity contribution < 1.29 is 9.47 Å². The van der Waals surface area contributed by atoms with Crippen LogP contribution in [0.25, 0.3) is 11.3 Å². The number of ether oxygens (including phenoxy) is 2. The van der Waals surface area contributed by atoms with E-state index in [1.165, 1.54) is 0 Å². The molecule has 24 heavy (non-hydrogen) atoms. The van der Waals surface area contributed by atoms with Crippen LogP contribution in [-0.2, 0) is 13.0 Å². The van der Waals surface area contributed by atoms with Gasteiger partial charge in [-0.25, -0.2) is 4.79 Å². The highest BCUT2D eigenvalue weighted by Crippen LogP contribution is 2.38. The molecule has 0 spiro atoms. The molecule has 0 fully saturated rings. The van der Waals surface area contributed by atoms with E-state index >= 15 is 0 Å². The Labute approximate surface area is 141 Å². The highest BCUT2D eigenvalue weighted by Gasteiger charge is 2.21. The SMILES string of the molecule is CC[C@H](C)Nc1cc2n(c(=O)n1)CCc1cc(OC)c(OC)cc1-2. The maximum absolute atomic E-state index is 12.4.